The molecule has 3 rings (SSSR count). The number of nitrogens with one attached hydrogen (secondary N) is 1. The molecule has 0 saturated carbocycles. The van der Waals surface area contributed by atoms with E-state index in [1.165, 1.54) is 16.7 Å². The van der Waals surface area contributed by atoms with Gasteiger partial charge in [0.2, 0.25) is 0 Å². The first kappa shape index (κ1) is 10.3. The Bertz CT molecular complexity index is 509. The third-order valence-electron chi connectivity index (χ3n) is 3.32. The van der Waals surface area contributed by atoms with Gasteiger partial charge in [-0.3, -0.25) is 0 Å². The Balaban J connectivity index is 1.74. The molecule has 0 bridgehead atoms. The molecule has 1 aromatic carbocycles. The van der Waals surface area contributed by atoms with Crippen LogP contribution in [0.1, 0.15) is 16.7 Å². The van der Waals surface area contributed by atoms with E-state index < -0.39 is 0 Å². The van der Waals surface area contributed by atoms with Crippen molar-refractivity contribution in [3.8, 4) is 0 Å². The van der Waals surface area contributed by atoms with Crippen molar-refractivity contribution in [2.24, 2.45) is 0 Å². The smallest absolute Gasteiger partial charge is 0.126 e. The van der Waals surface area contributed by atoms with Gasteiger partial charge in [-0.15, -0.1) is 0 Å². The maximum atomic E-state index is 4.35. The predicted molar refractivity (Wildman–Crippen MR) is 70.2 cm³/mol. The molecule has 1 aromatic heterocycles. The number of pyridine rings is 1. The van der Waals surface area contributed by atoms with Gasteiger partial charge < -0.3 is 5.32 Å². The zero-order valence-electron chi connectivity index (χ0n) is 9.98. The maximum Gasteiger partial charge on any atom is 0.126 e. The Morgan fingerprint density at radius 2 is 1.82 bits per heavy atom. The van der Waals surface area contributed by atoms with E-state index in [2.05, 4.69) is 47.6 Å². The minimum Gasteiger partial charge on any atom is -0.367 e. The summed E-state index contributed by atoms with van der Waals surface area (Å²) in [4.78, 5) is 4.35. The Kier molecular flexibility index (Phi) is 2.56. The van der Waals surface area contributed by atoms with Crippen molar-refractivity contribution < 1.29 is 0 Å². The largest absolute Gasteiger partial charge is 0.367 e. The summed E-state index contributed by atoms with van der Waals surface area (Å²) in [6.07, 6.45) is 4.07. The number of aryl methyl sites for hydroxylation is 1. The van der Waals surface area contributed by atoms with E-state index in [-0.39, 0.29) is 0 Å². The average Bonchev–Trinajstić information content (AvgIpc) is 2.71. The standard InChI is InChI=1S/C15H16N2/c1-11-6-7-16-15(8-11)17-14-9-12-4-2-3-5-13(12)10-14/h2-8,14H,9-10H2,1H3,(H,16,17). The molecular weight excluding hydrogens is 208 g/mol. The minimum absolute atomic E-state index is 0.488. The van der Waals surface area contributed by atoms with Crippen LogP contribution >= 0.6 is 0 Å². The first-order valence-corrected chi connectivity index (χ1v) is 6.07. The number of anilines is 1. The molecule has 2 aromatic rings. The van der Waals surface area contributed by atoms with Crippen molar-refractivity contribution >= 4 is 5.82 Å². The molecule has 86 valence electrons. The fourth-order valence-corrected chi connectivity index (χ4v) is 2.49. The van der Waals surface area contributed by atoms with E-state index in [4.69, 9.17) is 0 Å². The molecule has 2 heteroatoms. The number of fused-ring (bicyclic) bond motifs is 1. The molecule has 2 nitrogen and oxygen atoms in total. The van der Waals surface area contributed by atoms with Crippen LogP contribution in [0.5, 0.6) is 0 Å². The normalized spacial score (nSPS) is 14.6. The zero-order chi connectivity index (χ0) is 11.7. The highest BCUT2D eigenvalue weighted by Crippen LogP contribution is 2.23. The molecule has 1 aliphatic carbocycles. The fraction of sp³-hybridized carbons (Fsp3) is 0.267. The second-order valence-electron chi connectivity index (χ2n) is 4.74. The Labute approximate surface area is 102 Å². The van der Waals surface area contributed by atoms with E-state index in [1.807, 2.05) is 12.3 Å². The Morgan fingerprint density at radius 1 is 1.12 bits per heavy atom. The summed E-state index contributed by atoms with van der Waals surface area (Å²) in [5.41, 5.74) is 4.19. The molecule has 17 heavy (non-hydrogen) atoms. The summed E-state index contributed by atoms with van der Waals surface area (Å²) in [6.45, 7) is 2.09. The van der Waals surface area contributed by atoms with Gasteiger partial charge in [-0.05, 0) is 48.6 Å². The molecule has 0 amide bonds. The van der Waals surface area contributed by atoms with Gasteiger partial charge in [-0.25, -0.2) is 4.98 Å². The topological polar surface area (TPSA) is 24.9 Å². The first-order chi connectivity index (χ1) is 8.31. The number of hydrogen-bond acceptors (Lipinski definition) is 2. The van der Waals surface area contributed by atoms with E-state index in [0.717, 1.165) is 18.7 Å². The van der Waals surface area contributed by atoms with Crippen molar-refractivity contribution in [2.45, 2.75) is 25.8 Å². The molecule has 0 fully saturated rings. The average molecular weight is 224 g/mol. The number of nitrogens with zero attached hydrogens (tertiary/aromatic N) is 1. The summed E-state index contributed by atoms with van der Waals surface area (Å²) < 4.78 is 0. The van der Waals surface area contributed by atoms with Crippen molar-refractivity contribution in [2.75, 3.05) is 5.32 Å². The molecule has 0 atom stereocenters. The van der Waals surface area contributed by atoms with Crippen LogP contribution in [0.3, 0.4) is 0 Å². The summed E-state index contributed by atoms with van der Waals surface area (Å²) in [5, 5.41) is 3.52. The van der Waals surface area contributed by atoms with Crippen LogP contribution < -0.4 is 5.32 Å². The van der Waals surface area contributed by atoms with Gasteiger partial charge >= 0.3 is 0 Å². The third-order valence-corrected chi connectivity index (χ3v) is 3.32. The summed E-state index contributed by atoms with van der Waals surface area (Å²) in [5.74, 6) is 0.989. The molecule has 0 aliphatic heterocycles. The van der Waals surface area contributed by atoms with Crippen LogP contribution in [0.15, 0.2) is 42.6 Å². The number of rotatable bonds is 2. The van der Waals surface area contributed by atoms with Gasteiger partial charge in [0.15, 0.2) is 0 Å². The summed E-state index contributed by atoms with van der Waals surface area (Å²) >= 11 is 0. The molecular formula is C15H16N2. The van der Waals surface area contributed by atoms with Gasteiger partial charge in [0, 0.05) is 12.2 Å². The third kappa shape index (κ3) is 2.16. The highest BCUT2D eigenvalue weighted by Gasteiger charge is 2.20. The van der Waals surface area contributed by atoms with E-state index in [0.29, 0.717) is 6.04 Å². The molecule has 1 aliphatic rings. The lowest BCUT2D eigenvalue weighted by molar-refractivity contribution is 0.768. The van der Waals surface area contributed by atoms with Crippen molar-refractivity contribution in [3.63, 3.8) is 0 Å². The fourth-order valence-electron chi connectivity index (χ4n) is 2.49. The number of aromatic nitrogens is 1. The second-order valence-corrected chi connectivity index (χ2v) is 4.74. The molecule has 1 heterocycles. The summed E-state index contributed by atoms with van der Waals surface area (Å²) in [6, 6.07) is 13.3. The number of benzene rings is 1. The summed E-state index contributed by atoms with van der Waals surface area (Å²) in [7, 11) is 0. The van der Waals surface area contributed by atoms with Gasteiger partial charge in [-0.1, -0.05) is 24.3 Å². The van der Waals surface area contributed by atoms with Crippen LogP contribution in [0, 0.1) is 6.92 Å². The lowest BCUT2D eigenvalue weighted by Gasteiger charge is -2.12. The van der Waals surface area contributed by atoms with Crippen LogP contribution in [0.4, 0.5) is 5.82 Å². The SMILES string of the molecule is Cc1ccnc(NC2Cc3ccccc3C2)c1. The lowest BCUT2D eigenvalue weighted by Crippen LogP contribution is -2.20. The van der Waals surface area contributed by atoms with Gasteiger partial charge in [-0.2, -0.15) is 0 Å². The molecule has 0 radical (unpaired) electrons. The quantitative estimate of drug-likeness (QED) is 0.848. The second kappa shape index (κ2) is 4.21. The maximum absolute atomic E-state index is 4.35. The molecule has 1 N–H and O–H groups in total. The van der Waals surface area contributed by atoms with E-state index >= 15 is 0 Å². The Hall–Kier alpha value is -1.83. The van der Waals surface area contributed by atoms with Gasteiger partial charge in [0.1, 0.15) is 5.82 Å². The highest BCUT2D eigenvalue weighted by molar-refractivity contribution is 5.42. The van der Waals surface area contributed by atoms with Crippen molar-refractivity contribution in [3.05, 3.63) is 59.3 Å². The number of hydrogen-bond donors (Lipinski definition) is 1. The zero-order valence-corrected chi connectivity index (χ0v) is 9.98. The van der Waals surface area contributed by atoms with E-state index in [1.54, 1.807) is 0 Å². The first-order valence-electron chi connectivity index (χ1n) is 6.07. The molecule has 0 spiro atoms. The van der Waals surface area contributed by atoms with Crippen molar-refractivity contribution in [1.82, 2.24) is 4.98 Å². The molecule has 0 unspecified atom stereocenters. The van der Waals surface area contributed by atoms with Crippen LogP contribution in [0.25, 0.3) is 0 Å². The predicted octanol–water partition coefficient (Wildman–Crippen LogP) is 2.97. The Morgan fingerprint density at radius 3 is 2.47 bits per heavy atom. The van der Waals surface area contributed by atoms with Gasteiger partial charge in [0.25, 0.3) is 0 Å². The molecule has 0 saturated heterocycles. The van der Waals surface area contributed by atoms with Crippen molar-refractivity contribution in [1.29, 1.82) is 0 Å². The van der Waals surface area contributed by atoms with Crippen LogP contribution in [-0.2, 0) is 12.8 Å². The highest BCUT2D eigenvalue weighted by atomic mass is 15.0. The van der Waals surface area contributed by atoms with Crippen LogP contribution in [-0.4, -0.2) is 11.0 Å². The minimum atomic E-state index is 0.488. The monoisotopic (exact) mass is 224 g/mol. The van der Waals surface area contributed by atoms with Gasteiger partial charge in [0.05, 0.1) is 0 Å². The van der Waals surface area contributed by atoms with E-state index in [9.17, 15) is 0 Å². The van der Waals surface area contributed by atoms with Crippen LogP contribution in [0.2, 0.25) is 0 Å². The lowest BCUT2D eigenvalue weighted by atomic mass is 10.1.